The standard InChI is InChI=1S/C24H40N2O4/c1-6-11-25(22(27)14-19(2)15-24(3,4)5)18-23(28)26(16-20-9-7-12-29-20)17-21-10-8-13-30-21/h7,9,12,19,21H,6,8,10-11,13-18H2,1-5H3. The molecule has 0 bridgehead atoms. The molecule has 0 radical (unpaired) electrons. The average molecular weight is 421 g/mol. The summed E-state index contributed by atoms with van der Waals surface area (Å²) in [6, 6.07) is 3.70. The summed E-state index contributed by atoms with van der Waals surface area (Å²) in [6.07, 6.45) is 5.96. The van der Waals surface area contributed by atoms with Crippen molar-refractivity contribution < 1.29 is 18.7 Å². The Morgan fingerprint density at radius 2 is 2.00 bits per heavy atom. The number of carbonyl (C=O) groups excluding carboxylic acids is 2. The van der Waals surface area contributed by atoms with Gasteiger partial charge in [0.25, 0.3) is 0 Å². The third-order valence-electron chi connectivity index (χ3n) is 5.38. The van der Waals surface area contributed by atoms with E-state index in [0.29, 0.717) is 26.1 Å². The number of rotatable bonds is 11. The molecule has 2 heterocycles. The molecule has 1 aliphatic rings. The minimum atomic E-state index is -0.0489. The van der Waals surface area contributed by atoms with Crippen LogP contribution in [0.15, 0.2) is 22.8 Å². The van der Waals surface area contributed by atoms with E-state index in [-0.39, 0.29) is 35.8 Å². The molecule has 0 N–H and O–H groups in total. The van der Waals surface area contributed by atoms with Crippen molar-refractivity contribution in [2.24, 2.45) is 11.3 Å². The number of ether oxygens (including phenoxy) is 1. The van der Waals surface area contributed by atoms with Gasteiger partial charge in [-0.15, -0.1) is 0 Å². The molecule has 0 spiro atoms. The van der Waals surface area contributed by atoms with Crippen LogP contribution in [-0.4, -0.2) is 54.0 Å². The molecular formula is C24H40N2O4. The van der Waals surface area contributed by atoms with Crippen LogP contribution in [0.4, 0.5) is 0 Å². The minimum absolute atomic E-state index is 0.0489. The summed E-state index contributed by atoms with van der Waals surface area (Å²) in [5, 5.41) is 0. The van der Waals surface area contributed by atoms with Crippen molar-refractivity contribution >= 4 is 11.8 Å². The second-order valence-corrected chi connectivity index (χ2v) is 9.88. The molecule has 1 aromatic heterocycles. The Labute approximate surface area is 181 Å². The Balaban J connectivity index is 2.01. The van der Waals surface area contributed by atoms with Crippen molar-refractivity contribution in [2.75, 3.05) is 26.2 Å². The molecule has 30 heavy (non-hydrogen) atoms. The van der Waals surface area contributed by atoms with Gasteiger partial charge in [-0.2, -0.15) is 0 Å². The van der Waals surface area contributed by atoms with Gasteiger partial charge in [-0.1, -0.05) is 34.6 Å². The van der Waals surface area contributed by atoms with Gasteiger partial charge in [-0.05, 0) is 49.1 Å². The summed E-state index contributed by atoms with van der Waals surface area (Å²) in [7, 11) is 0. The largest absolute Gasteiger partial charge is 0.467 e. The van der Waals surface area contributed by atoms with Gasteiger partial charge < -0.3 is 19.0 Å². The van der Waals surface area contributed by atoms with Crippen LogP contribution in [0.25, 0.3) is 0 Å². The number of carbonyl (C=O) groups is 2. The second kappa shape index (κ2) is 11.5. The highest BCUT2D eigenvalue weighted by Crippen LogP contribution is 2.26. The summed E-state index contributed by atoms with van der Waals surface area (Å²) in [6.45, 7) is 13.1. The first kappa shape index (κ1) is 24.4. The van der Waals surface area contributed by atoms with Gasteiger partial charge in [0.15, 0.2) is 0 Å². The van der Waals surface area contributed by atoms with E-state index in [2.05, 4.69) is 27.7 Å². The van der Waals surface area contributed by atoms with E-state index in [1.165, 1.54) is 0 Å². The van der Waals surface area contributed by atoms with E-state index in [0.717, 1.165) is 38.1 Å². The summed E-state index contributed by atoms with van der Waals surface area (Å²) < 4.78 is 11.2. The summed E-state index contributed by atoms with van der Waals surface area (Å²) in [5.74, 6) is 1.05. The summed E-state index contributed by atoms with van der Waals surface area (Å²) >= 11 is 0. The predicted octanol–water partition coefficient (Wildman–Crippen LogP) is 4.49. The van der Waals surface area contributed by atoms with E-state index < -0.39 is 0 Å². The fourth-order valence-corrected chi connectivity index (χ4v) is 4.25. The molecule has 2 unspecified atom stereocenters. The first-order chi connectivity index (χ1) is 14.2. The lowest BCUT2D eigenvalue weighted by atomic mass is 9.84. The Morgan fingerprint density at radius 1 is 1.23 bits per heavy atom. The fourth-order valence-electron chi connectivity index (χ4n) is 4.25. The molecule has 2 rings (SSSR count). The molecule has 2 atom stereocenters. The molecule has 170 valence electrons. The molecule has 0 saturated carbocycles. The molecule has 0 aromatic carbocycles. The van der Waals surface area contributed by atoms with Gasteiger partial charge >= 0.3 is 0 Å². The first-order valence-electron chi connectivity index (χ1n) is 11.4. The van der Waals surface area contributed by atoms with Crippen molar-refractivity contribution in [3.05, 3.63) is 24.2 Å². The zero-order valence-electron chi connectivity index (χ0n) is 19.5. The molecule has 0 aliphatic carbocycles. The van der Waals surface area contributed by atoms with Crippen molar-refractivity contribution in [2.45, 2.75) is 79.4 Å². The normalized spacial score (nSPS) is 17.7. The van der Waals surface area contributed by atoms with Gasteiger partial charge in [0.1, 0.15) is 5.76 Å². The van der Waals surface area contributed by atoms with Crippen LogP contribution in [-0.2, 0) is 20.9 Å². The Kier molecular flexibility index (Phi) is 9.40. The number of hydrogen-bond donors (Lipinski definition) is 0. The minimum Gasteiger partial charge on any atom is -0.467 e. The SMILES string of the molecule is CCCN(CC(=O)N(Cc1ccco1)CC1CCCO1)C(=O)CC(C)CC(C)(C)C. The van der Waals surface area contributed by atoms with Crippen LogP contribution >= 0.6 is 0 Å². The number of furan rings is 1. The monoisotopic (exact) mass is 420 g/mol. The quantitative estimate of drug-likeness (QED) is 0.529. The van der Waals surface area contributed by atoms with Crippen LogP contribution in [0.1, 0.15) is 72.5 Å². The molecule has 2 amide bonds. The highest BCUT2D eigenvalue weighted by atomic mass is 16.5. The summed E-state index contributed by atoms with van der Waals surface area (Å²) in [5.41, 5.74) is 0.187. The van der Waals surface area contributed by atoms with Crippen LogP contribution < -0.4 is 0 Å². The topological polar surface area (TPSA) is 63.0 Å². The van der Waals surface area contributed by atoms with Gasteiger partial charge in [0.2, 0.25) is 11.8 Å². The maximum Gasteiger partial charge on any atom is 0.242 e. The van der Waals surface area contributed by atoms with Crippen LogP contribution in [0.2, 0.25) is 0 Å². The smallest absolute Gasteiger partial charge is 0.242 e. The van der Waals surface area contributed by atoms with Crippen LogP contribution in [0.5, 0.6) is 0 Å². The zero-order chi connectivity index (χ0) is 22.1. The van der Waals surface area contributed by atoms with E-state index in [1.54, 1.807) is 16.1 Å². The van der Waals surface area contributed by atoms with E-state index in [1.807, 2.05) is 19.1 Å². The van der Waals surface area contributed by atoms with Crippen molar-refractivity contribution in [1.29, 1.82) is 0 Å². The van der Waals surface area contributed by atoms with Gasteiger partial charge in [-0.25, -0.2) is 0 Å². The predicted molar refractivity (Wildman–Crippen MR) is 118 cm³/mol. The Hall–Kier alpha value is -1.82. The van der Waals surface area contributed by atoms with Gasteiger partial charge in [0, 0.05) is 26.1 Å². The van der Waals surface area contributed by atoms with Crippen molar-refractivity contribution in [3.8, 4) is 0 Å². The van der Waals surface area contributed by atoms with Crippen molar-refractivity contribution in [3.63, 3.8) is 0 Å². The fraction of sp³-hybridized carbons (Fsp3) is 0.750. The van der Waals surface area contributed by atoms with Crippen molar-refractivity contribution in [1.82, 2.24) is 9.80 Å². The molecule has 6 heteroatoms. The Bertz CT molecular complexity index is 645. The molecular weight excluding hydrogens is 380 g/mol. The molecule has 6 nitrogen and oxygen atoms in total. The summed E-state index contributed by atoms with van der Waals surface area (Å²) in [4.78, 5) is 29.7. The van der Waals surface area contributed by atoms with E-state index >= 15 is 0 Å². The molecule has 1 aromatic rings. The third-order valence-corrected chi connectivity index (χ3v) is 5.38. The van der Waals surface area contributed by atoms with Crippen LogP contribution in [0, 0.1) is 11.3 Å². The van der Waals surface area contributed by atoms with Gasteiger partial charge in [-0.3, -0.25) is 9.59 Å². The number of nitrogens with zero attached hydrogens (tertiary/aromatic N) is 2. The average Bonchev–Trinajstić information content (AvgIpc) is 3.33. The third kappa shape index (κ3) is 8.50. The number of hydrogen-bond acceptors (Lipinski definition) is 4. The van der Waals surface area contributed by atoms with Crippen LogP contribution in [0.3, 0.4) is 0 Å². The molecule has 1 saturated heterocycles. The van der Waals surface area contributed by atoms with E-state index in [4.69, 9.17) is 9.15 Å². The van der Waals surface area contributed by atoms with Gasteiger partial charge in [0.05, 0.1) is 25.5 Å². The maximum atomic E-state index is 13.2. The lowest BCUT2D eigenvalue weighted by Gasteiger charge is -2.30. The first-order valence-corrected chi connectivity index (χ1v) is 11.4. The highest BCUT2D eigenvalue weighted by Gasteiger charge is 2.27. The number of amides is 2. The maximum absolute atomic E-state index is 13.2. The van der Waals surface area contributed by atoms with E-state index in [9.17, 15) is 9.59 Å². The zero-order valence-corrected chi connectivity index (χ0v) is 19.5. The lowest BCUT2D eigenvalue weighted by Crippen LogP contribution is -2.45. The lowest BCUT2D eigenvalue weighted by molar-refractivity contribution is -0.142. The Morgan fingerprint density at radius 3 is 2.57 bits per heavy atom. The second-order valence-electron chi connectivity index (χ2n) is 9.88. The molecule has 1 aliphatic heterocycles. The highest BCUT2D eigenvalue weighted by molar-refractivity contribution is 5.85. The molecule has 1 fully saturated rings.